The number of nitrogens with zero attached hydrogens (tertiary/aromatic N) is 2. The van der Waals surface area contributed by atoms with Crippen LogP contribution in [-0.2, 0) is 27.4 Å². The zero-order valence-corrected chi connectivity index (χ0v) is 20.3. The number of piperidine rings is 1. The van der Waals surface area contributed by atoms with Gasteiger partial charge in [-0.05, 0) is 72.7 Å². The van der Waals surface area contributed by atoms with Crippen molar-refractivity contribution in [2.75, 3.05) is 20.2 Å². The largest absolute Gasteiger partial charge is 0.448 e. The summed E-state index contributed by atoms with van der Waals surface area (Å²) in [7, 11) is -3.03. The number of hydrogen-bond acceptors (Lipinski definition) is 6. The third-order valence-electron chi connectivity index (χ3n) is 6.57. The summed E-state index contributed by atoms with van der Waals surface area (Å²) in [4.78, 5) is 19.6. The molecular weight excluding hydrogens is 464 g/mol. The molecular formula is C27H26N2O5S. The van der Waals surface area contributed by atoms with Crippen LogP contribution >= 0.6 is 0 Å². The Labute approximate surface area is 205 Å². The number of benzene rings is 2. The highest BCUT2D eigenvalue weighted by Gasteiger charge is 2.27. The number of carbonyl (C=O) groups excluding carboxylic acids is 1. The van der Waals surface area contributed by atoms with Crippen molar-refractivity contribution in [2.24, 2.45) is 0 Å². The third kappa shape index (κ3) is 4.85. The molecule has 35 heavy (non-hydrogen) atoms. The van der Waals surface area contributed by atoms with Crippen LogP contribution in [0.4, 0.5) is 0 Å². The standard InChI is InChI=1S/C27H26N2O5S/c1-33-35(31,32)34-23-11-12-24-22(18-23)10-9-20-8-5-15-28-26(20)25(24)19-13-16-29(17-14-19)27(30)21-6-3-2-4-7-21/h2-8,11-12,15,18H,9-10,13-14,16-17H2,1H3. The van der Waals surface area contributed by atoms with E-state index in [0.717, 1.165) is 60.8 Å². The van der Waals surface area contributed by atoms with Gasteiger partial charge in [0, 0.05) is 30.4 Å². The molecule has 0 N–H and O–H groups in total. The summed E-state index contributed by atoms with van der Waals surface area (Å²) in [6.45, 7) is 1.27. The van der Waals surface area contributed by atoms with E-state index in [1.54, 1.807) is 18.3 Å². The Morgan fingerprint density at radius 1 is 0.914 bits per heavy atom. The third-order valence-corrected chi connectivity index (χ3v) is 7.37. The molecule has 1 aliphatic heterocycles. The Bertz CT molecular complexity index is 1390. The van der Waals surface area contributed by atoms with E-state index in [1.807, 2.05) is 47.4 Å². The van der Waals surface area contributed by atoms with Crippen molar-refractivity contribution in [3.63, 3.8) is 0 Å². The van der Waals surface area contributed by atoms with Crippen molar-refractivity contribution in [1.82, 2.24) is 9.88 Å². The van der Waals surface area contributed by atoms with Crippen LogP contribution in [0.5, 0.6) is 5.75 Å². The molecule has 2 aromatic carbocycles. The number of aromatic nitrogens is 1. The molecule has 8 heteroatoms. The van der Waals surface area contributed by atoms with Gasteiger partial charge in [0.2, 0.25) is 0 Å². The normalized spacial score (nSPS) is 15.7. The number of amides is 1. The molecule has 1 amide bonds. The Morgan fingerprint density at radius 2 is 1.66 bits per heavy atom. The minimum Gasteiger partial charge on any atom is -0.362 e. The van der Waals surface area contributed by atoms with Gasteiger partial charge >= 0.3 is 10.4 Å². The second-order valence-electron chi connectivity index (χ2n) is 8.63. The van der Waals surface area contributed by atoms with Crippen LogP contribution in [0.2, 0.25) is 0 Å². The summed E-state index contributed by atoms with van der Waals surface area (Å²) in [5.41, 5.74) is 7.18. The number of rotatable bonds is 4. The highest BCUT2D eigenvalue weighted by atomic mass is 32.3. The van der Waals surface area contributed by atoms with E-state index in [0.29, 0.717) is 18.7 Å². The fourth-order valence-electron chi connectivity index (χ4n) is 4.84. The maximum absolute atomic E-state index is 12.9. The van der Waals surface area contributed by atoms with Crippen LogP contribution in [0.25, 0.3) is 5.57 Å². The number of hydrogen-bond donors (Lipinski definition) is 0. The summed E-state index contributed by atoms with van der Waals surface area (Å²) < 4.78 is 33.1. The molecule has 1 aromatic heterocycles. The quantitative estimate of drug-likeness (QED) is 0.545. The van der Waals surface area contributed by atoms with Gasteiger partial charge < -0.3 is 9.08 Å². The van der Waals surface area contributed by atoms with Gasteiger partial charge in [0.05, 0.1) is 12.8 Å². The fraction of sp³-hybridized carbons (Fsp3) is 0.259. The van der Waals surface area contributed by atoms with E-state index in [2.05, 4.69) is 10.2 Å². The van der Waals surface area contributed by atoms with Crippen molar-refractivity contribution < 1.29 is 21.6 Å². The summed E-state index contributed by atoms with van der Waals surface area (Å²) in [5, 5.41) is 0. The Hall–Kier alpha value is -3.49. The molecule has 3 aromatic rings. The fourth-order valence-corrected chi connectivity index (χ4v) is 5.25. The number of pyridine rings is 1. The first-order valence-electron chi connectivity index (χ1n) is 11.6. The van der Waals surface area contributed by atoms with E-state index in [1.165, 1.54) is 5.57 Å². The van der Waals surface area contributed by atoms with Crippen LogP contribution < -0.4 is 4.18 Å². The van der Waals surface area contributed by atoms with Gasteiger partial charge in [0.15, 0.2) is 0 Å². The maximum Gasteiger partial charge on any atom is 0.448 e. The molecule has 0 atom stereocenters. The summed E-state index contributed by atoms with van der Waals surface area (Å²) in [6, 6.07) is 18.7. The summed E-state index contributed by atoms with van der Waals surface area (Å²) >= 11 is 0. The molecule has 2 heterocycles. The molecule has 0 radical (unpaired) electrons. The monoisotopic (exact) mass is 490 g/mol. The first-order chi connectivity index (χ1) is 16.9. The number of aryl methyl sites for hydroxylation is 2. The Balaban J connectivity index is 1.50. The Morgan fingerprint density at radius 3 is 2.40 bits per heavy atom. The van der Waals surface area contributed by atoms with E-state index in [9.17, 15) is 13.2 Å². The molecule has 1 fully saturated rings. The lowest BCUT2D eigenvalue weighted by Gasteiger charge is -2.30. The molecule has 0 bridgehead atoms. The number of fused-ring (bicyclic) bond motifs is 2. The molecule has 1 aliphatic carbocycles. The van der Waals surface area contributed by atoms with Crippen LogP contribution in [-0.4, -0.2) is 44.4 Å². The smallest absolute Gasteiger partial charge is 0.362 e. The molecule has 7 nitrogen and oxygen atoms in total. The second-order valence-corrected chi connectivity index (χ2v) is 9.94. The van der Waals surface area contributed by atoms with Crippen molar-refractivity contribution >= 4 is 21.9 Å². The van der Waals surface area contributed by atoms with Crippen molar-refractivity contribution in [1.29, 1.82) is 0 Å². The summed E-state index contributed by atoms with van der Waals surface area (Å²) in [5.74, 6) is 0.271. The van der Waals surface area contributed by atoms with Gasteiger partial charge in [0.25, 0.3) is 5.91 Å². The first-order valence-corrected chi connectivity index (χ1v) is 12.9. The molecule has 0 unspecified atom stereocenters. The molecule has 180 valence electrons. The number of likely N-dealkylation sites (tertiary alicyclic amines) is 1. The highest BCUT2D eigenvalue weighted by Crippen LogP contribution is 2.39. The topological polar surface area (TPSA) is 85.8 Å². The lowest BCUT2D eigenvalue weighted by Crippen LogP contribution is -2.36. The van der Waals surface area contributed by atoms with Crippen molar-refractivity contribution in [3.05, 3.63) is 100 Å². The average Bonchev–Trinajstić information content (AvgIpc) is 3.05. The van der Waals surface area contributed by atoms with Gasteiger partial charge in [0.1, 0.15) is 5.75 Å². The first kappa shape index (κ1) is 23.3. The van der Waals surface area contributed by atoms with Gasteiger partial charge in [-0.15, -0.1) is 0 Å². The SMILES string of the molecule is COS(=O)(=O)Oc1ccc2c(c1)CCc1cccnc1C2=C1CCN(C(=O)c2ccccc2)CC1. The highest BCUT2D eigenvalue weighted by molar-refractivity contribution is 7.82. The molecule has 2 aliphatic rings. The zero-order chi connectivity index (χ0) is 24.4. The van der Waals surface area contributed by atoms with Gasteiger partial charge in [-0.25, -0.2) is 4.18 Å². The minimum atomic E-state index is -4.09. The predicted molar refractivity (Wildman–Crippen MR) is 132 cm³/mol. The minimum absolute atomic E-state index is 0.0515. The molecule has 1 saturated heterocycles. The van der Waals surface area contributed by atoms with Gasteiger partial charge in [-0.3, -0.25) is 9.78 Å². The van der Waals surface area contributed by atoms with Crippen LogP contribution in [0.3, 0.4) is 0 Å². The van der Waals surface area contributed by atoms with E-state index >= 15 is 0 Å². The Kier molecular flexibility index (Phi) is 6.40. The maximum atomic E-state index is 12.9. The predicted octanol–water partition coefficient (Wildman–Crippen LogP) is 4.19. The van der Waals surface area contributed by atoms with Gasteiger partial charge in [-0.2, -0.15) is 8.42 Å². The number of carbonyl (C=O) groups is 1. The van der Waals surface area contributed by atoms with Crippen LogP contribution in [0.1, 0.15) is 45.6 Å². The summed E-state index contributed by atoms with van der Waals surface area (Å²) in [6.07, 6.45) is 4.82. The van der Waals surface area contributed by atoms with E-state index in [-0.39, 0.29) is 11.7 Å². The van der Waals surface area contributed by atoms with Crippen LogP contribution in [0.15, 0.2) is 72.4 Å². The van der Waals surface area contributed by atoms with Crippen molar-refractivity contribution in [3.8, 4) is 5.75 Å². The zero-order valence-electron chi connectivity index (χ0n) is 19.4. The molecule has 0 spiro atoms. The second kappa shape index (κ2) is 9.64. The average molecular weight is 491 g/mol. The lowest BCUT2D eigenvalue weighted by atomic mass is 9.88. The van der Waals surface area contributed by atoms with Crippen molar-refractivity contribution in [2.45, 2.75) is 25.7 Å². The van der Waals surface area contributed by atoms with E-state index in [4.69, 9.17) is 9.17 Å². The molecule has 0 saturated carbocycles. The van der Waals surface area contributed by atoms with Crippen LogP contribution in [0, 0.1) is 0 Å². The molecule has 5 rings (SSSR count). The van der Waals surface area contributed by atoms with Gasteiger partial charge in [-0.1, -0.05) is 35.9 Å². The lowest BCUT2D eigenvalue weighted by molar-refractivity contribution is 0.0744. The van der Waals surface area contributed by atoms with E-state index < -0.39 is 10.4 Å².